The maximum atomic E-state index is 10.8. The molecule has 0 radical (unpaired) electrons. The molecule has 0 bridgehead atoms. The number of rotatable bonds is 3. The molecule has 2 aromatic heterocycles. The monoisotopic (exact) mass is 273 g/mol. The fraction of sp³-hybridized carbons (Fsp3) is 0. The molecule has 1 aromatic carbocycles. The van der Waals surface area contributed by atoms with E-state index in [9.17, 15) is 4.79 Å². The molecule has 0 N–H and O–H groups in total. The van der Waals surface area contributed by atoms with Crippen LogP contribution in [0.4, 0.5) is 0 Å². The molecule has 0 amide bonds. The molecule has 0 saturated heterocycles. The number of carbonyl (C=O) groups excluding carboxylic acids is 1. The Morgan fingerprint density at radius 2 is 2.05 bits per heavy atom. The van der Waals surface area contributed by atoms with Crippen LogP contribution < -0.4 is 4.74 Å². The van der Waals surface area contributed by atoms with Gasteiger partial charge in [-0.05, 0) is 29.8 Å². The Bertz CT molecular complexity index is 740. The van der Waals surface area contributed by atoms with Gasteiger partial charge in [0.2, 0.25) is 11.2 Å². The van der Waals surface area contributed by atoms with Gasteiger partial charge in [0.1, 0.15) is 11.3 Å². The molecule has 0 spiro atoms. The van der Waals surface area contributed by atoms with E-state index in [2.05, 4.69) is 10.1 Å². The number of nitrogens with zero attached hydrogens (tertiary/aromatic N) is 3. The maximum Gasteiger partial charge on any atom is 0.248 e. The number of fused-ring (bicyclic) bond motifs is 1. The minimum atomic E-state index is 0.0477. The molecule has 3 aromatic rings. The van der Waals surface area contributed by atoms with Crippen molar-refractivity contribution in [1.29, 1.82) is 0 Å². The summed E-state index contributed by atoms with van der Waals surface area (Å²) in [5.74, 6) is 0.937. The van der Waals surface area contributed by atoms with Crippen LogP contribution in [-0.4, -0.2) is 20.9 Å². The van der Waals surface area contributed by atoms with Crippen molar-refractivity contribution in [3.8, 4) is 11.6 Å². The minimum Gasteiger partial charge on any atom is -0.437 e. The molecule has 0 aliphatic carbocycles. The zero-order chi connectivity index (χ0) is 13.2. The Morgan fingerprint density at radius 3 is 2.79 bits per heavy atom. The van der Waals surface area contributed by atoms with Gasteiger partial charge in [0, 0.05) is 11.8 Å². The highest BCUT2D eigenvalue weighted by atomic mass is 35.5. The summed E-state index contributed by atoms with van der Waals surface area (Å²) in [6, 6.07) is 10.8. The predicted molar refractivity (Wildman–Crippen MR) is 69.9 cm³/mol. The summed E-state index contributed by atoms with van der Waals surface area (Å²) in [5.41, 5.74) is 1.06. The number of halogens is 1. The lowest BCUT2D eigenvalue weighted by Crippen LogP contribution is -1.97. The Hall–Kier alpha value is -2.40. The third-order valence-corrected chi connectivity index (χ3v) is 2.68. The molecule has 2 heterocycles. The molecule has 94 valence electrons. The molecule has 0 aliphatic heterocycles. The Balaban J connectivity index is 2.11. The predicted octanol–water partition coefficient (Wildman–Crippen LogP) is 2.99. The first-order valence-electron chi connectivity index (χ1n) is 5.50. The van der Waals surface area contributed by atoms with Gasteiger partial charge in [-0.15, -0.1) is 5.10 Å². The summed E-state index contributed by atoms with van der Waals surface area (Å²) in [6.07, 6.45) is 2.29. The van der Waals surface area contributed by atoms with E-state index in [0.29, 0.717) is 22.7 Å². The molecule has 19 heavy (non-hydrogen) atoms. The van der Waals surface area contributed by atoms with Crippen molar-refractivity contribution in [3.63, 3.8) is 0 Å². The van der Waals surface area contributed by atoms with Crippen molar-refractivity contribution in [3.05, 3.63) is 53.4 Å². The standard InChI is InChI=1S/C13H8ClN3O2/c14-13-15-12(19-10-4-2-1-3-5-10)11-6-9(8-18)7-17(11)16-13/h1-8H. The van der Waals surface area contributed by atoms with Gasteiger partial charge in [0.05, 0.1) is 0 Å². The molecular weight excluding hydrogens is 266 g/mol. The van der Waals surface area contributed by atoms with E-state index in [0.717, 1.165) is 6.29 Å². The zero-order valence-electron chi connectivity index (χ0n) is 9.65. The number of carbonyl (C=O) groups is 1. The molecule has 0 saturated carbocycles. The minimum absolute atomic E-state index is 0.0477. The molecule has 3 rings (SSSR count). The van der Waals surface area contributed by atoms with Crippen LogP contribution in [0.25, 0.3) is 5.52 Å². The van der Waals surface area contributed by atoms with E-state index in [1.54, 1.807) is 24.4 Å². The number of ether oxygens (including phenoxy) is 1. The van der Waals surface area contributed by atoms with Gasteiger partial charge in [-0.1, -0.05) is 18.2 Å². The summed E-state index contributed by atoms with van der Waals surface area (Å²) >= 11 is 5.83. The van der Waals surface area contributed by atoms with E-state index in [1.165, 1.54) is 4.52 Å². The van der Waals surface area contributed by atoms with Gasteiger partial charge in [0.25, 0.3) is 0 Å². The fourth-order valence-corrected chi connectivity index (χ4v) is 1.86. The van der Waals surface area contributed by atoms with Gasteiger partial charge < -0.3 is 4.74 Å². The summed E-state index contributed by atoms with van der Waals surface area (Å²) < 4.78 is 7.13. The number of aldehydes is 1. The molecule has 0 aliphatic rings. The Morgan fingerprint density at radius 1 is 1.26 bits per heavy atom. The van der Waals surface area contributed by atoms with Crippen molar-refractivity contribution in [1.82, 2.24) is 14.6 Å². The fourth-order valence-electron chi connectivity index (χ4n) is 1.71. The van der Waals surface area contributed by atoms with Crippen molar-refractivity contribution in [2.75, 3.05) is 0 Å². The van der Waals surface area contributed by atoms with Crippen molar-refractivity contribution >= 4 is 23.4 Å². The van der Waals surface area contributed by atoms with Crippen LogP contribution in [-0.2, 0) is 0 Å². The van der Waals surface area contributed by atoms with Gasteiger partial charge >= 0.3 is 0 Å². The highest BCUT2D eigenvalue weighted by molar-refractivity contribution is 6.28. The molecule has 6 heteroatoms. The third kappa shape index (κ3) is 2.28. The highest BCUT2D eigenvalue weighted by Gasteiger charge is 2.11. The highest BCUT2D eigenvalue weighted by Crippen LogP contribution is 2.25. The summed E-state index contributed by atoms with van der Waals surface area (Å²) in [5, 5.41) is 4.03. The number of hydrogen-bond acceptors (Lipinski definition) is 4. The SMILES string of the molecule is O=Cc1cc2c(Oc3ccccc3)nc(Cl)nn2c1. The Labute approximate surface area is 113 Å². The molecule has 0 fully saturated rings. The van der Waals surface area contributed by atoms with Gasteiger partial charge in [0.15, 0.2) is 6.29 Å². The smallest absolute Gasteiger partial charge is 0.248 e. The van der Waals surface area contributed by atoms with Crippen molar-refractivity contribution < 1.29 is 9.53 Å². The van der Waals surface area contributed by atoms with Crippen LogP contribution in [0.2, 0.25) is 5.28 Å². The van der Waals surface area contributed by atoms with Crippen LogP contribution in [0.1, 0.15) is 10.4 Å². The van der Waals surface area contributed by atoms with Gasteiger partial charge in [-0.3, -0.25) is 4.79 Å². The second-order valence-corrected chi connectivity index (χ2v) is 4.16. The lowest BCUT2D eigenvalue weighted by Gasteiger charge is -2.06. The van der Waals surface area contributed by atoms with Gasteiger partial charge in [-0.2, -0.15) is 4.98 Å². The van der Waals surface area contributed by atoms with Crippen LogP contribution in [0.15, 0.2) is 42.6 Å². The molecule has 0 unspecified atom stereocenters. The number of aromatic nitrogens is 3. The lowest BCUT2D eigenvalue weighted by molar-refractivity contribution is 0.112. The van der Waals surface area contributed by atoms with E-state index < -0.39 is 0 Å². The van der Waals surface area contributed by atoms with Crippen molar-refractivity contribution in [2.45, 2.75) is 0 Å². The quantitative estimate of drug-likeness (QED) is 0.689. The first-order chi connectivity index (χ1) is 9.26. The third-order valence-electron chi connectivity index (χ3n) is 2.52. The first-order valence-corrected chi connectivity index (χ1v) is 5.88. The largest absolute Gasteiger partial charge is 0.437 e. The zero-order valence-corrected chi connectivity index (χ0v) is 10.4. The molecular formula is C13H8ClN3O2. The Kier molecular flexibility index (Phi) is 2.89. The summed E-state index contributed by atoms with van der Waals surface area (Å²) in [7, 11) is 0. The number of benzene rings is 1. The lowest BCUT2D eigenvalue weighted by atomic mass is 10.3. The number of hydrogen-bond donors (Lipinski definition) is 0. The average molecular weight is 274 g/mol. The van der Waals surface area contributed by atoms with Crippen LogP contribution >= 0.6 is 11.6 Å². The molecule has 0 atom stereocenters. The van der Waals surface area contributed by atoms with Crippen LogP contribution in [0.3, 0.4) is 0 Å². The summed E-state index contributed by atoms with van der Waals surface area (Å²) in [4.78, 5) is 14.8. The van der Waals surface area contributed by atoms with Gasteiger partial charge in [-0.25, -0.2) is 4.52 Å². The average Bonchev–Trinajstić information content (AvgIpc) is 2.83. The number of para-hydroxylation sites is 1. The van der Waals surface area contributed by atoms with Crippen molar-refractivity contribution in [2.24, 2.45) is 0 Å². The second-order valence-electron chi connectivity index (χ2n) is 3.82. The van der Waals surface area contributed by atoms with Crippen LogP contribution in [0.5, 0.6) is 11.6 Å². The normalized spacial score (nSPS) is 10.6. The summed E-state index contributed by atoms with van der Waals surface area (Å²) in [6.45, 7) is 0. The van der Waals surface area contributed by atoms with Crippen LogP contribution in [0, 0.1) is 0 Å². The molecule has 5 nitrogen and oxygen atoms in total. The van der Waals surface area contributed by atoms with E-state index in [1.807, 2.05) is 18.2 Å². The van der Waals surface area contributed by atoms with E-state index >= 15 is 0 Å². The second kappa shape index (κ2) is 4.70. The van der Waals surface area contributed by atoms with E-state index in [4.69, 9.17) is 16.3 Å². The first kappa shape index (κ1) is 11.7. The van der Waals surface area contributed by atoms with E-state index in [-0.39, 0.29) is 5.28 Å². The maximum absolute atomic E-state index is 10.8. The topological polar surface area (TPSA) is 56.5 Å².